The first-order chi connectivity index (χ1) is 9.61. The van der Waals surface area contributed by atoms with Crippen molar-refractivity contribution >= 4 is 11.7 Å². The first-order valence-corrected chi connectivity index (χ1v) is 6.94. The molecule has 2 rings (SSSR count). The van der Waals surface area contributed by atoms with Crippen LogP contribution in [0.1, 0.15) is 20.8 Å². The van der Waals surface area contributed by atoms with Crippen molar-refractivity contribution in [3.8, 4) is 0 Å². The molecule has 0 radical (unpaired) electrons. The molecule has 7 heteroatoms. The number of hydrogen-bond donors (Lipinski definition) is 1. The van der Waals surface area contributed by atoms with E-state index in [2.05, 4.69) is 5.32 Å². The van der Waals surface area contributed by atoms with Crippen LogP contribution in [0.4, 0.5) is 5.82 Å². The van der Waals surface area contributed by atoms with E-state index in [0.717, 1.165) is 4.57 Å². The largest absolute Gasteiger partial charge is 0.353 e. The fraction of sp³-hybridized carbons (Fsp3) is 0.643. The molecule has 0 bridgehead atoms. The van der Waals surface area contributed by atoms with Gasteiger partial charge in [-0.3, -0.25) is 18.7 Å². The minimum absolute atomic E-state index is 0.00464. The highest BCUT2D eigenvalue weighted by molar-refractivity contribution is 5.82. The Balaban J connectivity index is 2.08. The number of aromatic nitrogens is 2. The molecule has 1 fully saturated rings. The molecule has 1 aromatic rings. The van der Waals surface area contributed by atoms with Crippen molar-refractivity contribution in [2.24, 2.45) is 19.5 Å². The maximum atomic E-state index is 11.9. The Labute approximate surface area is 123 Å². The molecule has 1 aliphatic heterocycles. The minimum atomic E-state index is -0.421. The molecular formula is C14H22N4O3. The maximum absolute atomic E-state index is 11.9. The second-order valence-electron chi connectivity index (χ2n) is 6.57. The zero-order valence-electron chi connectivity index (χ0n) is 13.1. The summed E-state index contributed by atoms with van der Waals surface area (Å²) in [6, 6.07) is 1.50. The van der Waals surface area contributed by atoms with Crippen LogP contribution in [0, 0.1) is 5.41 Å². The zero-order chi connectivity index (χ0) is 15.9. The molecule has 1 saturated heterocycles. The monoisotopic (exact) mass is 294 g/mol. The van der Waals surface area contributed by atoms with E-state index >= 15 is 0 Å². The van der Waals surface area contributed by atoms with Gasteiger partial charge in [0, 0.05) is 38.7 Å². The van der Waals surface area contributed by atoms with Crippen LogP contribution >= 0.6 is 0 Å². The average Bonchev–Trinajstić information content (AvgIpc) is 2.34. The summed E-state index contributed by atoms with van der Waals surface area (Å²) >= 11 is 0. The molecule has 1 aliphatic rings. The lowest BCUT2D eigenvalue weighted by Crippen LogP contribution is -2.62. The Hall–Kier alpha value is -2.05. The van der Waals surface area contributed by atoms with Gasteiger partial charge in [-0.05, 0) is 0 Å². The predicted octanol–water partition coefficient (Wildman–Crippen LogP) is -0.565. The normalized spacial score (nSPS) is 15.8. The van der Waals surface area contributed by atoms with Crippen LogP contribution in [-0.4, -0.2) is 34.2 Å². The maximum Gasteiger partial charge on any atom is 0.332 e. The highest BCUT2D eigenvalue weighted by Crippen LogP contribution is 2.19. The Morgan fingerprint density at radius 3 is 2.29 bits per heavy atom. The average molecular weight is 294 g/mol. The third kappa shape index (κ3) is 2.86. The Morgan fingerprint density at radius 2 is 1.76 bits per heavy atom. The van der Waals surface area contributed by atoms with Gasteiger partial charge in [-0.25, -0.2) is 4.79 Å². The van der Waals surface area contributed by atoms with Crippen LogP contribution in [0.25, 0.3) is 0 Å². The first-order valence-electron chi connectivity index (χ1n) is 6.94. The number of nitrogens with zero attached hydrogens (tertiary/aromatic N) is 3. The third-order valence-corrected chi connectivity index (χ3v) is 3.72. The van der Waals surface area contributed by atoms with Gasteiger partial charge in [-0.1, -0.05) is 20.8 Å². The van der Waals surface area contributed by atoms with Crippen LogP contribution in [0.5, 0.6) is 0 Å². The summed E-state index contributed by atoms with van der Waals surface area (Å²) in [5, 5.41) is 2.96. The van der Waals surface area contributed by atoms with E-state index in [1.165, 1.54) is 17.7 Å². The van der Waals surface area contributed by atoms with Gasteiger partial charge in [0.15, 0.2) is 0 Å². The van der Waals surface area contributed by atoms with E-state index in [9.17, 15) is 14.4 Å². The predicted molar refractivity (Wildman–Crippen MR) is 80.5 cm³/mol. The summed E-state index contributed by atoms with van der Waals surface area (Å²) in [7, 11) is 3.09. The van der Waals surface area contributed by atoms with E-state index in [1.807, 2.05) is 25.7 Å². The van der Waals surface area contributed by atoms with Gasteiger partial charge in [-0.15, -0.1) is 0 Å². The quantitative estimate of drug-likeness (QED) is 0.793. The SMILES string of the molecule is Cn1c(N2CC(NC(=O)C(C)(C)C)C2)cc(=O)n(C)c1=O. The molecule has 116 valence electrons. The van der Waals surface area contributed by atoms with Crippen molar-refractivity contribution < 1.29 is 4.79 Å². The van der Waals surface area contributed by atoms with Crippen LogP contribution in [0.15, 0.2) is 15.7 Å². The number of amides is 1. The van der Waals surface area contributed by atoms with Gasteiger partial charge in [0.2, 0.25) is 5.91 Å². The molecule has 0 saturated carbocycles. The highest BCUT2D eigenvalue weighted by Gasteiger charge is 2.32. The van der Waals surface area contributed by atoms with E-state index in [4.69, 9.17) is 0 Å². The van der Waals surface area contributed by atoms with Crippen molar-refractivity contribution in [3.63, 3.8) is 0 Å². The summed E-state index contributed by atoms with van der Waals surface area (Å²) < 4.78 is 2.52. The van der Waals surface area contributed by atoms with E-state index in [-0.39, 0.29) is 23.2 Å². The van der Waals surface area contributed by atoms with Gasteiger partial charge in [0.25, 0.3) is 5.56 Å². The van der Waals surface area contributed by atoms with Gasteiger partial charge in [0.1, 0.15) is 5.82 Å². The second-order valence-corrected chi connectivity index (χ2v) is 6.57. The van der Waals surface area contributed by atoms with Crippen molar-refractivity contribution in [2.75, 3.05) is 18.0 Å². The van der Waals surface area contributed by atoms with Gasteiger partial charge >= 0.3 is 5.69 Å². The number of rotatable bonds is 2. The Bertz CT molecular complexity index is 675. The van der Waals surface area contributed by atoms with E-state index in [0.29, 0.717) is 18.9 Å². The van der Waals surface area contributed by atoms with Crippen LogP contribution in [-0.2, 0) is 18.9 Å². The lowest BCUT2D eigenvalue weighted by molar-refractivity contribution is -0.129. The summed E-state index contributed by atoms with van der Waals surface area (Å²) in [6.45, 7) is 6.79. The number of carbonyl (C=O) groups is 1. The number of nitrogens with one attached hydrogen (secondary N) is 1. The van der Waals surface area contributed by atoms with Gasteiger partial charge < -0.3 is 10.2 Å². The van der Waals surface area contributed by atoms with Crippen LogP contribution in [0.2, 0.25) is 0 Å². The van der Waals surface area contributed by atoms with Crippen molar-refractivity contribution in [1.82, 2.24) is 14.5 Å². The molecule has 2 heterocycles. The summed E-state index contributed by atoms with van der Waals surface area (Å²) in [5.74, 6) is 0.592. The smallest absolute Gasteiger partial charge is 0.332 e. The lowest BCUT2D eigenvalue weighted by Gasteiger charge is -2.42. The molecule has 0 aromatic carbocycles. The standard InChI is InChI=1S/C14H22N4O3/c1-14(2,3)12(20)15-9-7-18(8-9)10-6-11(19)17(5)13(21)16(10)4/h6,9H,7-8H2,1-5H3,(H,15,20). The third-order valence-electron chi connectivity index (χ3n) is 3.72. The molecule has 0 spiro atoms. The van der Waals surface area contributed by atoms with E-state index in [1.54, 1.807) is 7.05 Å². The van der Waals surface area contributed by atoms with Crippen molar-refractivity contribution in [2.45, 2.75) is 26.8 Å². The Morgan fingerprint density at radius 1 is 1.19 bits per heavy atom. The number of anilines is 1. The topological polar surface area (TPSA) is 76.3 Å². The Kier molecular flexibility index (Phi) is 3.69. The molecule has 1 N–H and O–H groups in total. The van der Waals surface area contributed by atoms with Crippen molar-refractivity contribution in [3.05, 3.63) is 26.9 Å². The molecule has 0 aliphatic carbocycles. The molecular weight excluding hydrogens is 272 g/mol. The molecule has 21 heavy (non-hydrogen) atoms. The highest BCUT2D eigenvalue weighted by atomic mass is 16.2. The second kappa shape index (κ2) is 5.05. The summed E-state index contributed by atoms with van der Waals surface area (Å²) in [6.07, 6.45) is 0. The molecule has 1 amide bonds. The fourth-order valence-electron chi connectivity index (χ4n) is 2.18. The molecule has 0 unspecified atom stereocenters. The van der Waals surface area contributed by atoms with Crippen molar-refractivity contribution in [1.29, 1.82) is 0 Å². The fourth-order valence-corrected chi connectivity index (χ4v) is 2.18. The first kappa shape index (κ1) is 15.3. The zero-order valence-corrected chi connectivity index (χ0v) is 13.1. The molecule has 0 atom stereocenters. The summed E-state index contributed by atoms with van der Waals surface area (Å²) in [4.78, 5) is 37.4. The van der Waals surface area contributed by atoms with Crippen LogP contribution < -0.4 is 21.5 Å². The van der Waals surface area contributed by atoms with E-state index < -0.39 is 5.41 Å². The number of carbonyl (C=O) groups excluding carboxylic acids is 1. The summed E-state index contributed by atoms with van der Waals surface area (Å²) in [5.41, 5.74) is -1.09. The lowest BCUT2D eigenvalue weighted by atomic mass is 9.94. The molecule has 7 nitrogen and oxygen atoms in total. The minimum Gasteiger partial charge on any atom is -0.353 e. The van der Waals surface area contributed by atoms with Gasteiger partial charge in [-0.2, -0.15) is 0 Å². The van der Waals surface area contributed by atoms with Gasteiger partial charge in [0.05, 0.1) is 6.04 Å². The molecule has 1 aromatic heterocycles. The van der Waals surface area contributed by atoms with Crippen LogP contribution in [0.3, 0.4) is 0 Å². The number of hydrogen-bond acceptors (Lipinski definition) is 4.